The van der Waals surface area contributed by atoms with Gasteiger partial charge in [0.25, 0.3) is 0 Å². The van der Waals surface area contributed by atoms with Gasteiger partial charge in [-0.3, -0.25) is 9.59 Å². The maximum absolute atomic E-state index is 12.2. The Morgan fingerprint density at radius 3 is 1.48 bits per heavy atom. The number of nitrogens with two attached hydrogens (primary N) is 2. The first-order chi connectivity index (χ1) is 43.7. The highest BCUT2D eigenvalue weighted by atomic mass is 16.7. The molecule has 0 bridgehead atoms. The van der Waals surface area contributed by atoms with Crippen LogP contribution in [-0.4, -0.2) is 139 Å². The van der Waals surface area contributed by atoms with Crippen molar-refractivity contribution in [3.63, 3.8) is 0 Å². The summed E-state index contributed by atoms with van der Waals surface area (Å²) in [5.41, 5.74) is 21.7. The van der Waals surface area contributed by atoms with Gasteiger partial charge < -0.3 is 69.0 Å². The number of methoxy groups -OCH3 is 3. The molecule has 3 saturated heterocycles. The zero-order chi connectivity index (χ0) is 63.6. The number of piperidine rings is 2. The molecule has 0 saturated carbocycles. The second-order valence-electron chi connectivity index (χ2n) is 23.9. The molecule has 8 aromatic rings. The first kappa shape index (κ1) is 66.4. The molecular formula is C73H90N6O11. The van der Waals surface area contributed by atoms with Crippen LogP contribution < -0.4 is 25.7 Å². The summed E-state index contributed by atoms with van der Waals surface area (Å²) in [6.45, 7) is 11.0. The number of aryl methyl sites for hydroxylation is 2. The number of fused-ring (bicyclic) bond motifs is 2. The molecule has 2 aromatic heterocycles. The molecule has 3 aliphatic rings. The zero-order valence-electron chi connectivity index (χ0n) is 52.9. The Balaban J connectivity index is 0.000000171. The van der Waals surface area contributed by atoms with Gasteiger partial charge >= 0.3 is 5.97 Å². The lowest BCUT2D eigenvalue weighted by atomic mass is 9.98. The number of nitrogens with zero attached hydrogens (tertiary/aromatic N) is 4. The maximum atomic E-state index is 12.2. The summed E-state index contributed by atoms with van der Waals surface area (Å²) >= 11 is 0. The van der Waals surface area contributed by atoms with Crippen LogP contribution in [0.15, 0.2) is 146 Å². The Morgan fingerprint density at radius 1 is 0.556 bits per heavy atom. The van der Waals surface area contributed by atoms with E-state index < -0.39 is 11.7 Å². The van der Waals surface area contributed by atoms with Gasteiger partial charge in [0.2, 0.25) is 11.8 Å². The Hall–Kier alpha value is -8.03. The molecule has 478 valence electrons. The van der Waals surface area contributed by atoms with Gasteiger partial charge in [-0.1, -0.05) is 66.7 Å². The number of carbonyl (C=O) groups excluding carboxylic acids is 3. The van der Waals surface area contributed by atoms with Gasteiger partial charge in [0, 0.05) is 104 Å². The van der Waals surface area contributed by atoms with Crippen LogP contribution >= 0.6 is 0 Å². The number of benzene rings is 6. The van der Waals surface area contributed by atoms with Crippen LogP contribution in [0.1, 0.15) is 129 Å². The van der Waals surface area contributed by atoms with Crippen LogP contribution in [0, 0.1) is 0 Å². The molecule has 1 unspecified atom stereocenters. The fraction of sp³-hybridized carbons (Fsp3) is 0.411. The smallest absolute Gasteiger partial charge is 0.338 e. The van der Waals surface area contributed by atoms with Gasteiger partial charge in [-0.2, -0.15) is 0 Å². The molecule has 1 atom stereocenters. The Labute approximate surface area is 529 Å². The van der Waals surface area contributed by atoms with Crippen molar-refractivity contribution in [1.29, 1.82) is 0 Å². The van der Waals surface area contributed by atoms with Crippen molar-refractivity contribution in [2.75, 3.05) is 80.4 Å². The van der Waals surface area contributed by atoms with Crippen LogP contribution in [0.5, 0.6) is 17.2 Å². The molecular weight excluding hydrogens is 1140 g/mol. The van der Waals surface area contributed by atoms with Crippen molar-refractivity contribution in [2.45, 2.75) is 115 Å². The number of primary amides is 2. The second-order valence-corrected chi connectivity index (χ2v) is 23.9. The van der Waals surface area contributed by atoms with E-state index in [0.29, 0.717) is 48.4 Å². The van der Waals surface area contributed by atoms with Crippen molar-refractivity contribution in [2.24, 2.45) is 11.5 Å². The van der Waals surface area contributed by atoms with E-state index in [1.165, 1.54) is 22.3 Å². The van der Waals surface area contributed by atoms with E-state index in [4.69, 9.17) is 39.9 Å². The second kappa shape index (κ2) is 32.1. The summed E-state index contributed by atoms with van der Waals surface area (Å²) in [5, 5.41) is 20.9. The normalized spacial score (nSPS) is 16.2. The average Bonchev–Trinajstić information content (AvgIpc) is 1.70. The monoisotopic (exact) mass is 1230 g/mol. The standard InChI is InChI=1S/C33H37N3O4.C26H33N3O3.C14H20O4/c1-39-31-11-5-9-24(10-6-22-40-33(38)26-7-3-2-4-8-26)29(31)17-20-35-18-15-28(16-19-35)36-21-14-25-12-13-27(32(34)37)23-30(25)36;1-32-25-6-2-4-19(5-3-17-30)23(25)12-15-28-13-10-22(11-14-28)29-16-9-20-7-8-21(26(27)31)18-24(20)29;1-14(2)17-9-11(18-14)7-12-10(8-15)5-4-6-13(12)16-3/h2-5,7-9,11-14,21,23,28H,6,10,15-20,22H2,1H3,(H2,34,37);2,4,6-9,16,18,22,30H,3,5,10-15,17H2,1H3,(H2,27,31);4-6,11,15H,7-9H2,1-3H3. The summed E-state index contributed by atoms with van der Waals surface area (Å²) in [7, 11) is 5.09. The van der Waals surface area contributed by atoms with Crippen molar-refractivity contribution < 1.29 is 53.0 Å². The zero-order valence-corrected chi connectivity index (χ0v) is 52.9. The average molecular weight is 1230 g/mol. The van der Waals surface area contributed by atoms with Gasteiger partial charge in [-0.25, -0.2) is 4.79 Å². The molecule has 0 radical (unpaired) electrons. The minimum atomic E-state index is -0.522. The number of likely N-dealkylation sites (tertiary alicyclic amines) is 2. The highest BCUT2D eigenvalue weighted by Crippen LogP contribution is 2.34. The number of aliphatic hydroxyl groups excluding tert-OH is 2. The predicted molar refractivity (Wildman–Crippen MR) is 352 cm³/mol. The number of rotatable bonds is 24. The van der Waals surface area contributed by atoms with E-state index in [9.17, 15) is 24.6 Å². The van der Waals surface area contributed by atoms with Crippen molar-refractivity contribution >= 4 is 39.6 Å². The summed E-state index contributed by atoms with van der Waals surface area (Å²) in [4.78, 5) is 40.6. The van der Waals surface area contributed by atoms with Crippen LogP contribution in [0.2, 0.25) is 0 Å². The topological polar surface area (TPSA) is 215 Å². The van der Waals surface area contributed by atoms with Gasteiger partial charge in [-0.05, 0) is 183 Å². The molecule has 0 spiro atoms. The molecule has 3 aliphatic heterocycles. The maximum Gasteiger partial charge on any atom is 0.338 e. The molecule has 5 heterocycles. The lowest BCUT2D eigenvalue weighted by molar-refractivity contribution is -0.138. The van der Waals surface area contributed by atoms with Gasteiger partial charge in [0.05, 0.1) is 52.8 Å². The number of hydrogen-bond acceptors (Lipinski definition) is 13. The van der Waals surface area contributed by atoms with Crippen LogP contribution in [0.3, 0.4) is 0 Å². The predicted octanol–water partition coefficient (Wildman–Crippen LogP) is 10.9. The lowest BCUT2D eigenvalue weighted by Gasteiger charge is -2.33. The van der Waals surface area contributed by atoms with E-state index in [1.807, 2.05) is 98.8 Å². The van der Waals surface area contributed by atoms with E-state index in [-0.39, 0.29) is 31.2 Å². The molecule has 2 amide bonds. The molecule has 3 fully saturated rings. The minimum Gasteiger partial charge on any atom is -0.496 e. The Morgan fingerprint density at radius 2 is 1.03 bits per heavy atom. The number of hydrogen-bond donors (Lipinski definition) is 4. The van der Waals surface area contributed by atoms with Crippen LogP contribution in [0.4, 0.5) is 0 Å². The third kappa shape index (κ3) is 17.3. The number of ether oxygens (including phenoxy) is 6. The van der Waals surface area contributed by atoms with E-state index >= 15 is 0 Å². The number of amides is 2. The van der Waals surface area contributed by atoms with Gasteiger partial charge in [0.1, 0.15) is 17.2 Å². The number of carbonyl (C=O) groups is 3. The summed E-state index contributed by atoms with van der Waals surface area (Å²) in [6, 6.07) is 43.6. The number of esters is 1. The molecule has 11 rings (SSSR count). The highest BCUT2D eigenvalue weighted by molar-refractivity contribution is 5.98. The summed E-state index contributed by atoms with van der Waals surface area (Å²) < 4.78 is 38.1. The fourth-order valence-corrected chi connectivity index (χ4v) is 12.9. The molecule has 0 aliphatic carbocycles. The SMILES string of the molecule is COc1cccc(CCCO)c1CCN1CCC(n2ccc3ccc(C(N)=O)cc32)CC1.COc1cccc(CCCOC(=O)c2ccccc2)c1CCN1CCC(n2ccc3ccc(C(N)=O)cc32)CC1.COc1cccc(CO)c1CC1COC(C)(C)O1. The largest absolute Gasteiger partial charge is 0.496 e. The van der Waals surface area contributed by atoms with Gasteiger partial charge in [-0.15, -0.1) is 0 Å². The fourth-order valence-electron chi connectivity index (χ4n) is 12.9. The summed E-state index contributed by atoms with van der Waals surface area (Å²) in [5.74, 6) is 1.06. The molecule has 17 heteroatoms. The first-order valence-corrected chi connectivity index (χ1v) is 31.6. The molecule has 17 nitrogen and oxygen atoms in total. The van der Waals surface area contributed by atoms with Crippen molar-refractivity contribution in [3.05, 3.63) is 196 Å². The van der Waals surface area contributed by atoms with Gasteiger partial charge in [0.15, 0.2) is 5.79 Å². The first-order valence-electron chi connectivity index (χ1n) is 31.6. The quantitative estimate of drug-likeness (QED) is 0.0328. The third-order valence-corrected chi connectivity index (χ3v) is 17.7. The van der Waals surface area contributed by atoms with Crippen LogP contribution in [0.25, 0.3) is 21.8 Å². The Bertz CT molecular complexity index is 3620. The van der Waals surface area contributed by atoms with E-state index in [1.54, 1.807) is 45.6 Å². The summed E-state index contributed by atoms with van der Waals surface area (Å²) in [6.07, 6.45) is 14.3. The third-order valence-electron chi connectivity index (χ3n) is 17.7. The molecule has 6 aromatic carbocycles. The van der Waals surface area contributed by atoms with Crippen molar-refractivity contribution in [1.82, 2.24) is 18.9 Å². The van der Waals surface area contributed by atoms with E-state index in [0.717, 1.165) is 154 Å². The minimum absolute atomic E-state index is 0.00148. The number of aromatic nitrogens is 2. The molecule has 6 N–H and O–H groups in total. The number of aliphatic hydroxyl groups is 2. The van der Waals surface area contributed by atoms with Crippen molar-refractivity contribution in [3.8, 4) is 17.2 Å². The van der Waals surface area contributed by atoms with E-state index in [2.05, 4.69) is 55.6 Å². The van der Waals surface area contributed by atoms with Crippen LogP contribution in [-0.2, 0) is 52.9 Å². The Kier molecular flexibility index (Phi) is 23.7. The highest BCUT2D eigenvalue weighted by Gasteiger charge is 2.34. The lowest BCUT2D eigenvalue weighted by Crippen LogP contribution is -2.36. The molecule has 90 heavy (non-hydrogen) atoms.